The molecule has 5 nitrogen and oxygen atoms in total. The monoisotopic (exact) mass is 358 g/mol. The molecular formula is C17H27FN2O3S. The number of hydrogen-bond donors (Lipinski definition) is 1. The van der Waals surface area contributed by atoms with E-state index >= 15 is 0 Å². The van der Waals surface area contributed by atoms with E-state index < -0.39 is 15.8 Å². The molecule has 0 aromatic heterocycles. The first-order valence-electron chi connectivity index (χ1n) is 8.37. The van der Waals surface area contributed by atoms with E-state index in [2.05, 4.69) is 23.5 Å². The number of sulfonamides is 1. The van der Waals surface area contributed by atoms with Crippen molar-refractivity contribution in [3.8, 4) is 5.75 Å². The molecule has 1 heterocycles. The minimum absolute atomic E-state index is 0.141. The fraction of sp³-hybridized carbons (Fsp3) is 0.647. The van der Waals surface area contributed by atoms with Crippen LogP contribution in [-0.4, -0.2) is 46.6 Å². The third-order valence-electron chi connectivity index (χ3n) is 4.30. The zero-order valence-corrected chi connectivity index (χ0v) is 15.4. The molecule has 0 spiro atoms. The van der Waals surface area contributed by atoms with Crippen LogP contribution in [0.1, 0.15) is 26.7 Å². The van der Waals surface area contributed by atoms with Crippen molar-refractivity contribution in [2.24, 2.45) is 11.8 Å². The van der Waals surface area contributed by atoms with Crippen LogP contribution in [0, 0.1) is 17.7 Å². The molecule has 1 aliphatic heterocycles. The summed E-state index contributed by atoms with van der Waals surface area (Å²) in [5.41, 5.74) is 0. The van der Waals surface area contributed by atoms with Crippen LogP contribution in [0.2, 0.25) is 0 Å². The Bertz CT molecular complexity index is 641. The van der Waals surface area contributed by atoms with Gasteiger partial charge in [0.2, 0.25) is 10.0 Å². The van der Waals surface area contributed by atoms with Gasteiger partial charge in [-0.1, -0.05) is 13.8 Å². The highest BCUT2D eigenvalue weighted by Crippen LogP contribution is 2.24. The molecule has 7 heteroatoms. The molecule has 0 bridgehead atoms. The van der Waals surface area contributed by atoms with E-state index in [9.17, 15) is 12.8 Å². The molecule has 2 atom stereocenters. The fourth-order valence-corrected chi connectivity index (χ4v) is 4.67. The third-order valence-corrected chi connectivity index (χ3v) is 5.79. The number of ether oxygens (including phenoxy) is 1. The Kier molecular flexibility index (Phi) is 6.60. The van der Waals surface area contributed by atoms with Crippen LogP contribution in [0.5, 0.6) is 5.75 Å². The van der Waals surface area contributed by atoms with E-state index in [1.165, 1.54) is 25.7 Å². The van der Waals surface area contributed by atoms with Crippen LogP contribution in [0.4, 0.5) is 4.39 Å². The van der Waals surface area contributed by atoms with Crippen LogP contribution < -0.4 is 9.46 Å². The molecule has 1 aromatic carbocycles. The van der Waals surface area contributed by atoms with Gasteiger partial charge in [-0.05, 0) is 49.4 Å². The number of hydrogen-bond acceptors (Lipinski definition) is 4. The van der Waals surface area contributed by atoms with Crippen molar-refractivity contribution in [1.82, 2.24) is 9.62 Å². The number of benzene rings is 1. The van der Waals surface area contributed by atoms with Crippen molar-refractivity contribution < 1.29 is 17.5 Å². The quantitative estimate of drug-likeness (QED) is 0.761. The molecule has 2 rings (SSSR count). The minimum atomic E-state index is -3.78. The summed E-state index contributed by atoms with van der Waals surface area (Å²) in [6.45, 7) is 7.81. The largest absolute Gasteiger partial charge is 0.495 e. The number of piperidine rings is 1. The van der Waals surface area contributed by atoms with E-state index in [1.54, 1.807) is 0 Å². The maximum absolute atomic E-state index is 13.4. The molecule has 24 heavy (non-hydrogen) atoms. The van der Waals surface area contributed by atoms with Gasteiger partial charge in [0.1, 0.15) is 16.5 Å². The summed E-state index contributed by atoms with van der Waals surface area (Å²) in [4.78, 5) is 2.22. The Labute approximate surface area is 144 Å². The first kappa shape index (κ1) is 19.1. The molecule has 1 N–H and O–H groups in total. The molecule has 0 amide bonds. The van der Waals surface area contributed by atoms with E-state index in [0.717, 1.165) is 32.1 Å². The lowest BCUT2D eigenvalue weighted by atomic mass is 9.92. The first-order valence-corrected chi connectivity index (χ1v) is 9.85. The molecule has 1 saturated heterocycles. The Morgan fingerprint density at radius 3 is 2.58 bits per heavy atom. The van der Waals surface area contributed by atoms with Crippen LogP contribution in [0.15, 0.2) is 23.1 Å². The number of halogens is 1. The average molecular weight is 358 g/mol. The second-order valence-corrected chi connectivity index (χ2v) is 8.49. The Balaban J connectivity index is 1.88. The molecule has 136 valence electrons. The van der Waals surface area contributed by atoms with Gasteiger partial charge < -0.3 is 9.64 Å². The molecule has 0 aliphatic carbocycles. The van der Waals surface area contributed by atoms with Crippen molar-refractivity contribution in [2.75, 3.05) is 33.3 Å². The molecule has 1 fully saturated rings. The number of methoxy groups -OCH3 is 1. The number of rotatable bonds is 7. The van der Waals surface area contributed by atoms with Gasteiger partial charge in [-0.2, -0.15) is 0 Å². The lowest BCUT2D eigenvalue weighted by Gasteiger charge is -2.34. The highest BCUT2D eigenvalue weighted by molar-refractivity contribution is 7.89. The van der Waals surface area contributed by atoms with Gasteiger partial charge >= 0.3 is 0 Å². The van der Waals surface area contributed by atoms with Crippen LogP contribution >= 0.6 is 0 Å². The lowest BCUT2D eigenvalue weighted by molar-refractivity contribution is 0.140. The summed E-state index contributed by atoms with van der Waals surface area (Å²) < 4.78 is 45.6. The maximum Gasteiger partial charge on any atom is 0.244 e. The number of nitrogens with zero attached hydrogens (tertiary/aromatic N) is 1. The average Bonchev–Trinajstić information content (AvgIpc) is 2.50. The molecule has 0 saturated carbocycles. The van der Waals surface area contributed by atoms with Gasteiger partial charge in [-0.25, -0.2) is 17.5 Å². The van der Waals surface area contributed by atoms with Gasteiger partial charge in [0, 0.05) is 19.6 Å². The second kappa shape index (κ2) is 8.27. The van der Waals surface area contributed by atoms with Crippen molar-refractivity contribution in [1.29, 1.82) is 0 Å². The summed E-state index contributed by atoms with van der Waals surface area (Å²) in [6.07, 6.45) is 1.97. The van der Waals surface area contributed by atoms with E-state index in [4.69, 9.17) is 4.74 Å². The van der Waals surface area contributed by atoms with Crippen molar-refractivity contribution in [3.63, 3.8) is 0 Å². The number of nitrogens with one attached hydrogen (secondary N) is 1. The summed E-state index contributed by atoms with van der Waals surface area (Å²) in [5.74, 6) is 0.902. The van der Waals surface area contributed by atoms with Gasteiger partial charge in [0.05, 0.1) is 7.11 Å². The molecule has 0 radical (unpaired) electrons. The molecular weight excluding hydrogens is 331 g/mol. The Hall–Kier alpha value is -1.18. The lowest BCUT2D eigenvalue weighted by Crippen LogP contribution is -2.40. The van der Waals surface area contributed by atoms with Crippen LogP contribution in [-0.2, 0) is 10.0 Å². The van der Waals surface area contributed by atoms with Crippen LogP contribution in [0.25, 0.3) is 0 Å². The normalized spacial score (nSPS) is 22.5. The fourth-order valence-electron chi connectivity index (χ4n) is 3.42. The van der Waals surface area contributed by atoms with Crippen molar-refractivity contribution in [2.45, 2.75) is 31.6 Å². The van der Waals surface area contributed by atoms with Crippen molar-refractivity contribution >= 4 is 10.0 Å². The van der Waals surface area contributed by atoms with Gasteiger partial charge in [0.15, 0.2) is 0 Å². The van der Waals surface area contributed by atoms with Gasteiger partial charge in [-0.3, -0.25) is 0 Å². The molecule has 1 aliphatic rings. The van der Waals surface area contributed by atoms with Gasteiger partial charge in [0.25, 0.3) is 0 Å². The van der Waals surface area contributed by atoms with E-state index in [-0.39, 0.29) is 10.6 Å². The van der Waals surface area contributed by atoms with E-state index in [0.29, 0.717) is 18.4 Å². The predicted molar refractivity (Wildman–Crippen MR) is 92.1 cm³/mol. The summed E-state index contributed by atoms with van der Waals surface area (Å²) in [7, 11) is -2.42. The maximum atomic E-state index is 13.4. The highest BCUT2D eigenvalue weighted by atomic mass is 32.2. The third kappa shape index (κ3) is 5.16. The molecule has 0 unspecified atom stereocenters. The SMILES string of the molecule is COc1ccc(F)cc1S(=O)(=O)NCCCN1C[C@@H](C)C[C@H](C)C1. The smallest absolute Gasteiger partial charge is 0.244 e. The second-order valence-electron chi connectivity index (χ2n) is 6.75. The summed E-state index contributed by atoms with van der Waals surface area (Å²) in [5, 5.41) is 0. The van der Waals surface area contributed by atoms with Gasteiger partial charge in [-0.15, -0.1) is 0 Å². The molecule has 1 aromatic rings. The standard InChI is InChI=1S/C17H27FN2O3S/c1-13-9-14(2)12-20(11-13)8-4-7-19-24(21,22)17-10-15(18)5-6-16(17)23-3/h5-6,10,13-14,19H,4,7-9,11-12H2,1-3H3/t13-,14-/m0/s1. The highest BCUT2D eigenvalue weighted by Gasteiger charge is 2.22. The zero-order chi connectivity index (χ0) is 17.7. The van der Waals surface area contributed by atoms with E-state index in [1.807, 2.05) is 0 Å². The topological polar surface area (TPSA) is 58.6 Å². The first-order chi connectivity index (χ1) is 11.3. The number of likely N-dealkylation sites (tertiary alicyclic amines) is 1. The summed E-state index contributed by atoms with van der Waals surface area (Å²) in [6, 6.07) is 3.48. The zero-order valence-electron chi connectivity index (χ0n) is 14.6. The Morgan fingerprint density at radius 2 is 1.96 bits per heavy atom. The minimum Gasteiger partial charge on any atom is -0.495 e. The summed E-state index contributed by atoms with van der Waals surface area (Å²) >= 11 is 0. The van der Waals surface area contributed by atoms with Crippen molar-refractivity contribution in [3.05, 3.63) is 24.0 Å². The van der Waals surface area contributed by atoms with Crippen LogP contribution in [0.3, 0.4) is 0 Å². The Morgan fingerprint density at radius 1 is 1.29 bits per heavy atom. The predicted octanol–water partition coefficient (Wildman–Crippen LogP) is 2.48.